The summed E-state index contributed by atoms with van der Waals surface area (Å²) >= 11 is 1.61. The number of fused-ring (bicyclic) bond motifs is 1. The third kappa shape index (κ3) is 2.68. The number of ether oxygens (including phenoxy) is 1. The Morgan fingerprint density at radius 1 is 1.53 bits per heavy atom. The summed E-state index contributed by atoms with van der Waals surface area (Å²) in [4.78, 5) is 14.4. The third-order valence-electron chi connectivity index (χ3n) is 4.13. The van der Waals surface area contributed by atoms with E-state index in [0.29, 0.717) is 19.1 Å². The van der Waals surface area contributed by atoms with Crippen LogP contribution in [0.15, 0.2) is 6.07 Å². The van der Waals surface area contributed by atoms with Crippen LogP contribution in [0.5, 0.6) is 0 Å². The smallest absolute Gasteiger partial charge is 0.261 e. The second-order valence-corrected chi connectivity index (χ2v) is 6.51. The molecule has 0 bridgehead atoms. The molecule has 3 rings (SSSR count). The Hall–Kier alpha value is -0.910. The molecule has 1 amide bonds. The van der Waals surface area contributed by atoms with Gasteiger partial charge in [0.2, 0.25) is 0 Å². The van der Waals surface area contributed by atoms with Crippen molar-refractivity contribution in [1.82, 2.24) is 5.32 Å². The largest absolute Gasteiger partial charge is 0.376 e. The van der Waals surface area contributed by atoms with E-state index in [2.05, 4.69) is 5.32 Å². The lowest BCUT2D eigenvalue weighted by molar-refractivity contribution is 0.0932. The molecule has 1 aromatic heterocycles. The Kier molecular flexibility index (Phi) is 3.86. The van der Waals surface area contributed by atoms with Crippen molar-refractivity contribution in [3.8, 4) is 0 Å². The number of nitrogens with one attached hydrogen (secondary N) is 1. The van der Waals surface area contributed by atoms with E-state index in [1.165, 1.54) is 16.9 Å². The van der Waals surface area contributed by atoms with Gasteiger partial charge in [0.15, 0.2) is 0 Å². The molecule has 0 radical (unpaired) electrons. The van der Waals surface area contributed by atoms with Crippen molar-refractivity contribution in [3.05, 3.63) is 21.4 Å². The fourth-order valence-corrected chi connectivity index (χ4v) is 4.06. The lowest BCUT2D eigenvalue weighted by Gasteiger charge is -2.18. The Morgan fingerprint density at radius 2 is 2.42 bits per heavy atom. The molecule has 0 spiro atoms. The topological polar surface area (TPSA) is 64.3 Å². The number of hydrogen-bond acceptors (Lipinski definition) is 4. The summed E-state index contributed by atoms with van der Waals surface area (Å²) in [6.07, 6.45) is 4.29. The Morgan fingerprint density at radius 3 is 3.21 bits per heavy atom. The molecular weight excluding hydrogens is 260 g/mol. The summed E-state index contributed by atoms with van der Waals surface area (Å²) in [5, 5.41) is 3.16. The zero-order valence-corrected chi connectivity index (χ0v) is 11.8. The normalized spacial score (nSPS) is 26.2. The molecule has 4 nitrogen and oxygen atoms in total. The molecule has 19 heavy (non-hydrogen) atoms. The number of thiophene rings is 1. The highest BCUT2D eigenvalue weighted by Crippen LogP contribution is 2.28. The average Bonchev–Trinajstić information content (AvgIpc) is 3.03. The molecule has 1 aliphatic heterocycles. The minimum Gasteiger partial charge on any atom is -0.376 e. The quantitative estimate of drug-likeness (QED) is 0.885. The number of carbonyl (C=O) groups excluding carboxylic acids is 1. The lowest BCUT2D eigenvalue weighted by Crippen LogP contribution is -2.39. The summed E-state index contributed by atoms with van der Waals surface area (Å²) in [5.41, 5.74) is 6.94. The standard InChI is InChI=1S/C14H20N2O2S/c15-7-9-2-1-3-11(9)16-14(17)13-6-10-8-18-5-4-12(10)19-13/h6,9,11H,1-5,7-8,15H2,(H,16,17). The van der Waals surface area contributed by atoms with Gasteiger partial charge in [0.1, 0.15) is 0 Å². The van der Waals surface area contributed by atoms with Gasteiger partial charge in [-0.3, -0.25) is 4.79 Å². The van der Waals surface area contributed by atoms with Gasteiger partial charge < -0.3 is 15.8 Å². The van der Waals surface area contributed by atoms with Crippen LogP contribution in [-0.4, -0.2) is 25.1 Å². The fourth-order valence-electron chi connectivity index (χ4n) is 3.01. The molecule has 1 fully saturated rings. The molecule has 2 aliphatic rings. The number of nitrogens with two attached hydrogens (primary N) is 1. The molecule has 2 heterocycles. The van der Waals surface area contributed by atoms with Crippen LogP contribution in [0.4, 0.5) is 0 Å². The Bertz CT molecular complexity index is 449. The Balaban J connectivity index is 1.68. The van der Waals surface area contributed by atoms with Gasteiger partial charge in [-0.2, -0.15) is 0 Å². The van der Waals surface area contributed by atoms with Crippen molar-refractivity contribution in [2.75, 3.05) is 13.2 Å². The summed E-state index contributed by atoms with van der Waals surface area (Å²) < 4.78 is 5.42. The van der Waals surface area contributed by atoms with Gasteiger partial charge in [0, 0.05) is 17.3 Å². The maximum atomic E-state index is 12.3. The predicted octanol–water partition coefficient (Wildman–Crippen LogP) is 1.68. The van der Waals surface area contributed by atoms with Gasteiger partial charge in [-0.05, 0) is 36.9 Å². The molecule has 1 aliphatic carbocycles. The van der Waals surface area contributed by atoms with E-state index in [4.69, 9.17) is 10.5 Å². The fraction of sp³-hybridized carbons (Fsp3) is 0.643. The van der Waals surface area contributed by atoms with Crippen LogP contribution in [0.3, 0.4) is 0 Å². The minimum absolute atomic E-state index is 0.0600. The molecule has 1 aromatic rings. The first-order valence-electron chi connectivity index (χ1n) is 6.98. The first-order valence-corrected chi connectivity index (χ1v) is 7.80. The summed E-state index contributed by atoms with van der Waals surface area (Å²) in [7, 11) is 0. The molecule has 2 atom stereocenters. The second-order valence-electron chi connectivity index (χ2n) is 5.37. The predicted molar refractivity (Wildman–Crippen MR) is 75.3 cm³/mol. The Labute approximate surface area is 117 Å². The van der Waals surface area contributed by atoms with Crippen LogP contribution in [-0.2, 0) is 17.8 Å². The van der Waals surface area contributed by atoms with Crippen molar-refractivity contribution in [2.24, 2.45) is 11.7 Å². The van der Waals surface area contributed by atoms with Gasteiger partial charge in [0.05, 0.1) is 18.1 Å². The van der Waals surface area contributed by atoms with Gasteiger partial charge in [-0.25, -0.2) is 0 Å². The first kappa shape index (κ1) is 13.1. The van der Waals surface area contributed by atoms with Gasteiger partial charge in [-0.1, -0.05) is 6.42 Å². The molecule has 3 N–H and O–H groups in total. The van der Waals surface area contributed by atoms with E-state index in [0.717, 1.165) is 30.7 Å². The van der Waals surface area contributed by atoms with E-state index in [-0.39, 0.29) is 11.9 Å². The van der Waals surface area contributed by atoms with E-state index >= 15 is 0 Å². The van der Waals surface area contributed by atoms with Crippen molar-refractivity contribution >= 4 is 17.2 Å². The van der Waals surface area contributed by atoms with Gasteiger partial charge >= 0.3 is 0 Å². The zero-order chi connectivity index (χ0) is 13.2. The maximum Gasteiger partial charge on any atom is 0.261 e. The van der Waals surface area contributed by atoms with E-state index < -0.39 is 0 Å². The summed E-state index contributed by atoms with van der Waals surface area (Å²) in [6.45, 7) is 2.08. The molecule has 2 unspecified atom stereocenters. The lowest BCUT2D eigenvalue weighted by atomic mass is 10.0. The van der Waals surface area contributed by atoms with E-state index in [1.807, 2.05) is 6.07 Å². The van der Waals surface area contributed by atoms with Crippen molar-refractivity contribution in [2.45, 2.75) is 38.3 Å². The van der Waals surface area contributed by atoms with Gasteiger partial charge in [-0.15, -0.1) is 11.3 Å². The van der Waals surface area contributed by atoms with Crippen LogP contribution >= 0.6 is 11.3 Å². The SMILES string of the molecule is NCC1CCCC1NC(=O)c1cc2c(s1)CCOC2. The molecule has 1 saturated carbocycles. The highest BCUT2D eigenvalue weighted by Gasteiger charge is 2.28. The maximum absolute atomic E-state index is 12.3. The van der Waals surface area contributed by atoms with Crippen LogP contribution in [0.25, 0.3) is 0 Å². The van der Waals surface area contributed by atoms with Crippen LogP contribution in [0.1, 0.15) is 39.4 Å². The summed E-state index contributed by atoms with van der Waals surface area (Å²) in [5.74, 6) is 0.506. The van der Waals surface area contributed by atoms with Crippen molar-refractivity contribution in [1.29, 1.82) is 0 Å². The van der Waals surface area contributed by atoms with Crippen molar-refractivity contribution < 1.29 is 9.53 Å². The third-order valence-corrected chi connectivity index (χ3v) is 5.37. The molecule has 0 aromatic carbocycles. The second kappa shape index (κ2) is 5.61. The number of amides is 1. The van der Waals surface area contributed by atoms with Crippen LogP contribution in [0, 0.1) is 5.92 Å². The van der Waals surface area contributed by atoms with E-state index in [9.17, 15) is 4.79 Å². The van der Waals surface area contributed by atoms with Gasteiger partial charge in [0.25, 0.3) is 5.91 Å². The van der Waals surface area contributed by atoms with Crippen LogP contribution < -0.4 is 11.1 Å². The van der Waals surface area contributed by atoms with E-state index in [1.54, 1.807) is 11.3 Å². The van der Waals surface area contributed by atoms with Crippen molar-refractivity contribution in [3.63, 3.8) is 0 Å². The monoisotopic (exact) mass is 280 g/mol. The molecular formula is C14H20N2O2S. The summed E-state index contributed by atoms with van der Waals surface area (Å²) in [6, 6.07) is 2.24. The molecule has 104 valence electrons. The molecule has 5 heteroatoms. The minimum atomic E-state index is 0.0600. The molecule has 0 saturated heterocycles. The zero-order valence-electron chi connectivity index (χ0n) is 11.0. The first-order chi connectivity index (χ1) is 9.28. The number of hydrogen-bond donors (Lipinski definition) is 2. The number of rotatable bonds is 3. The van der Waals surface area contributed by atoms with Crippen LogP contribution in [0.2, 0.25) is 0 Å². The average molecular weight is 280 g/mol. The highest BCUT2D eigenvalue weighted by atomic mass is 32.1. The highest BCUT2D eigenvalue weighted by molar-refractivity contribution is 7.14. The number of carbonyl (C=O) groups is 1.